The van der Waals surface area contributed by atoms with Crippen LogP contribution in [0.1, 0.15) is 30.3 Å². The molecule has 4 heterocycles. The van der Waals surface area contributed by atoms with Crippen LogP contribution in [0.5, 0.6) is 0 Å². The Bertz CT molecular complexity index is 1060. The monoisotopic (exact) mass is 574 g/mol. The fraction of sp³-hybridized carbons (Fsp3) is 0.636. The molecule has 0 amide bonds. The molecule has 4 rings (SSSR count). The molecule has 0 aliphatic carbocycles. The number of ether oxygens (including phenoxy) is 1. The van der Waals surface area contributed by atoms with E-state index in [1.54, 1.807) is 0 Å². The number of carboxylic acids is 2. The molecule has 0 saturated carbocycles. The van der Waals surface area contributed by atoms with Gasteiger partial charge in [0.25, 0.3) is 0 Å². The molecule has 2 aromatic heterocycles. The Morgan fingerprint density at radius 1 is 0.974 bits per heavy atom. The predicted octanol–water partition coefficient (Wildman–Crippen LogP) is 3.67. The largest absolute Gasteiger partial charge is 0.490 e. The third-order valence-electron chi connectivity index (χ3n) is 5.63. The molecule has 2 aliphatic rings. The number of rotatable bonds is 3. The van der Waals surface area contributed by atoms with Crippen molar-refractivity contribution in [2.24, 2.45) is 5.41 Å². The lowest BCUT2D eigenvalue weighted by Crippen LogP contribution is -2.50. The number of carboxylic acid groups (broad SMARTS) is 2. The SMILES string of the molecule is Cc1ccc(CN2CCCC3(COCCN(c4nnc(C)o4)C3)C2)o1.O=C(O)C(F)(F)F.O=C(O)C(F)(F)F. The van der Waals surface area contributed by atoms with Crippen LogP contribution < -0.4 is 4.90 Å². The number of aryl methyl sites for hydroxylation is 2. The molecule has 1 unspecified atom stereocenters. The first-order valence-corrected chi connectivity index (χ1v) is 11.5. The molecular formula is C22H28F6N4O7. The second-order valence-corrected chi connectivity index (χ2v) is 9.01. The fourth-order valence-electron chi connectivity index (χ4n) is 4.05. The number of hydrogen-bond donors (Lipinski definition) is 2. The molecule has 0 radical (unpaired) electrons. The molecule has 0 aromatic carbocycles. The van der Waals surface area contributed by atoms with Gasteiger partial charge in [-0.2, -0.15) is 26.3 Å². The second-order valence-electron chi connectivity index (χ2n) is 9.01. The number of likely N-dealkylation sites (tertiary alicyclic amines) is 1. The van der Waals surface area contributed by atoms with Gasteiger partial charge < -0.3 is 28.7 Å². The number of aliphatic carboxylic acids is 2. The van der Waals surface area contributed by atoms with E-state index < -0.39 is 24.3 Å². The van der Waals surface area contributed by atoms with Crippen molar-refractivity contribution in [3.8, 4) is 0 Å². The van der Waals surface area contributed by atoms with Crippen LogP contribution in [0.15, 0.2) is 21.0 Å². The van der Waals surface area contributed by atoms with Crippen molar-refractivity contribution < 1.29 is 59.7 Å². The van der Waals surface area contributed by atoms with E-state index in [-0.39, 0.29) is 5.41 Å². The first-order chi connectivity index (χ1) is 18.0. The molecule has 1 atom stereocenters. The number of halogens is 6. The van der Waals surface area contributed by atoms with Crippen LogP contribution in [-0.4, -0.2) is 89.0 Å². The summed E-state index contributed by atoms with van der Waals surface area (Å²) in [5.41, 5.74) is 0.0960. The highest BCUT2D eigenvalue weighted by molar-refractivity contribution is 5.73. The van der Waals surface area contributed by atoms with Crippen LogP contribution in [0, 0.1) is 19.3 Å². The quantitative estimate of drug-likeness (QED) is 0.519. The molecule has 11 nitrogen and oxygen atoms in total. The van der Waals surface area contributed by atoms with Crippen LogP contribution in [0.2, 0.25) is 0 Å². The first kappa shape index (κ1) is 31.9. The van der Waals surface area contributed by atoms with Gasteiger partial charge >= 0.3 is 30.3 Å². The third kappa shape index (κ3) is 10.4. The zero-order valence-electron chi connectivity index (χ0n) is 21.0. The number of carbonyl (C=O) groups is 2. The molecule has 2 saturated heterocycles. The summed E-state index contributed by atoms with van der Waals surface area (Å²) in [4.78, 5) is 22.5. The summed E-state index contributed by atoms with van der Waals surface area (Å²) < 4.78 is 80.9. The van der Waals surface area contributed by atoms with E-state index in [1.165, 1.54) is 6.42 Å². The Morgan fingerprint density at radius 3 is 2.08 bits per heavy atom. The fourth-order valence-corrected chi connectivity index (χ4v) is 4.05. The van der Waals surface area contributed by atoms with Crippen LogP contribution >= 0.6 is 0 Å². The number of aromatic nitrogens is 2. The van der Waals surface area contributed by atoms with Crippen molar-refractivity contribution in [2.75, 3.05) is 44.3 Å². The van der Waals surface area contributed by atoms with Crippen molar-refractivity contribution in [1.29, 1.82) is 0 Å². The summed E-state index contributed by atoms with van der Waals surface area (Å²) in [5.74, 6) is -2.90. The smallest absolute Gasteiger partial charge is 0.475 e. The molecule has 39 heavy (non-hydrogen) atoms. The van der Waals surface area contributed by atoms with Gasteiger partial charge in [0.15, 0.2) is 0 Å². The van der Waals surface area contributed by atoms with Gasteiger partial charge in [0.1, 0.15) is 11.5 Å². The molecule has 0 bridgehead atoms. The van der Waals surface area contributed by atoms with Gasteiger partial charge in [0.2, 0.25) is 5.89 Å². The average molecular weight is 574 g/mol. The van der Waals surface area contributed by atoms with E-state index in [2.05, 4.69) is 26.1 Å². The topological polar surface area (TPSA) is 142 Å². The molecule has 220 valence electrons. The Balaban J connectivity index is 0.000000317. The maximum Gasteiger partial charge on any atom is 0.490 e. The van der Waals surface area contributed by atoms with Crippen molar-refractivity contribution in [1.82, 2.24) is 15.1 Å². The van der Waals surface area contributed by atoms with Gasteiger partial charge in [0.05, 0.1) is 19.8 Å². The molecular weight excluding hydrogens is 546 g/mol. The molecule has 17 heteroatoms. The maximum absolute atomic E-state index is 10.6. The first-order valence-electron chi connectivity index (χ1n) is 11.5. The van der Waals surface area contributed by atoms with Gasteiger partial charge in [-0.05, 0) is 38.4 Å². The number of nitrogens with zero attached hydrogens (tertiary/aromatic N) is 4. The maximum atomic E-state index is 10.6. The highest BCUT2D eigenvalue weighted by atomic mass is 19.4. The summed E-state index contributed by atoms with van der Waals surface area (Å²) in [6.07, 6.45) is -7.84. The molecule has 2 aromatic rings. The van der Waals surface area contributed by atoms with Gasteiger partial charge in [-0.1, -0.05) is 5.10 Å². The highest BCUT2D eigenvalue weighted by Gasteiger charge is 2.40. The second kappa shape index (κ2) is 13.1. The van der Waals surface area contributed by atoms with E-state index >= 15 is 0 Å². The summed E-state index contributed by atoms with van der Waals surface area (Å²) in [6.45, 7) is 9.93. The van der Waals surface area contributed by atoms with E-state index in [9.17, 15) is 26.3 Å². The minimum absolute atomic E-state index is 0.0960. The number of piperidine rings is 1. The summed E-state index contributed by atoms with van der Waals surface area (Å²) in [6, 6.07) is 4.72. The molecule has 1 spiro atoms. The third-order valence-corrected chi connectivity index (χ3v) is 5.63. The van der Waals surface area contributed by atoms with Crippen molar-refractivity contribution in [2.45, 2.75) is 45.6 Å². The zero-order valence-corrected chi connectivity index (χ0v) is 21.0. The van der Waals surface area contributed by atoms with Crippen molar-refractivity contribution in [3.63, 3.8) is 0 Å². The van der Waals surface area contributed by atoms with Crippen molar-refractivity contribution >= 4 is 18.0 Å². The zero-order chi connectivity index (χ0) is 29.4. The van der Waals surface area contributed by atoms with E-state index in [0.29, 0.717) is 18.5 Å². The number of hydrogen-bond acceptors (Lipinski definition) is 9. The van der Waals surface area contributed by atoms with Gasteiger partial charge in [-0.15, -0.1) is 5.10 Å². The Labute approximate surface area is 218 Å². The van der Waals surface area contributed by atoms with Crippen LogP contribution in [0.3, 0.4) is 0 Å². The standard InChI is InChI=1S/C18H26N4O3.2C2HF3O2/c1-14-4-5-16(24-14)10-21-7-3-6-18(11-21)12-22(8-9-23-13-18)17-20-19-15(2)25-17;2*3-2(4,5)1(6)7/h4-5H,3,6-13H2,1-2H3;2*(H,6,7). The summed E-state index contributed by atoms with van der Waals surface area (Å²) >= 11 is 0. The number of anilines is 1. The minimum Gasteiger partial charge on any atom is -0.475 e. The Kier molecular flexibility index (Phi) is 10.7. The summed E-state index contributed by atoms with van der Waals surface area (Å²) in [7, 11) is 0. The van der Waals surface area contributed by atoms with Crippen LogP contribution in [-0.2, 0) is 20.9 Å². The van der Waals surface area contributed by atoms with E-state index in [4.69, 9.17) is 33.4 Å². The Hall–Kier alpha value is -3.34. The van der Waals surface area contributed by atoms with Crippen molar-refractivity contribution in [3.05, 3.63) is 29.5 Å². The lowest BCUT2D eigenvalue weighted by Gasteiger charge is -2.43. The molecule has 2 aliphatic heterocycles. The predicted molar refractivity (Wildman–Crippen MR) is 120 cm³/mol. The van der Waals surface area contributed by atoms with E-state index in [0.717, 1.165) is 57.3 Å². The molecule has 2 fully saturated rings. The van der Waals surface area contributed by atoms with Gasteiger partial charge in [-0.25, -0.2) is 9.59 Å². The number of furan rings is 1. The lowest BCUT2D eigenvalue weighted by atomic mass is 9.80. The highest BCUT2D eigenvalue weighted by Crippen LogP contribution is 2.35. The lowest BCUT2D eigenvalue weighted by molar-refractivity contribution is -0.193. The number of alkyl halides is 6. The Morgan fingerprint density at radius 2 is 1.59 bits per heavy atom. The minimum atomic E-state index is -5.08. The van der Waals surface area contributed by atoms with E-state index in [1.807, 2.05) is 19.9 Å². The average Bonchev–Trinajstić information content (AvgIpc) is 3.37. The normalized spacial score (nSPS) is 20.4. The van der Waals surface area contributed by atoms with Crippen LogP contribution in [0.25, 0.3) is 0 Å². The van der Waals surface area contributed by atoms with Crippen LogP contribution in [0.4, 0.5) is 32.4 Å². The van der Waals surface area contributed by atoms with Gasteiger partial charge in [0, 0.05) is 32.0 Å². The molecule has 2 N–H and O–H groups in total. The van der Waals surface area contributed by atoms with Gasteiger partial charge in [-0.3, -0.25) is 4.90 Å². The summed E-state index contributed by atoms with van der Waals surface area (Å²) in [5, 5.41) is 22.4.